The van der Waals surface area contributed by atoms with Crippen LogP contribution in [0.4, 0.5) is 0 Å². The van der Waals surface area contributed by atoms with Crippen LogP contribution in [-0.2, 0) is 4.79 Å². The van der Waals surface area contributed by atoms with Gasteiger partial charge in [-0.2, -0.15) is 0 Å². The molecule has 0 aromatic heterocycles. The molecule has 27 heavy (non-hydrogen) atoms. The van der Waals surface area contributed by atoms with Crippen molar-refractivity contribution in [2.75, 3.05) is 0 Å². The Balaban J connectivity index is 1.83. The van der Waals surface area contributed by atoms with Crippen molar-refractivity contribution in [1.82, 2.24) is 5.32 Å². The van der Waals surface area contributed by atoms with Gasteiger partial charge in [0.05, 0.1) is 0 Å². The van der Waals surface area contributed by atoms with Crippen molar-refractivity contribution in [3.63, 3.8) is 0 Å². The molecule has 1 fully saturated rings. The van der Waals surface area contributed by atoms with E-state index in [0.29, 0.717) is 6.42 Å². The molecule has 1 aliphatic rings. The van der Waals surface area contributed by atoms with Gasteiger partial charge >= 0.3 is 0 Å². The third kappa shape index (κ3) is 13.9. The number of nitrogens with one attached hydrogen (secondary N) is 1. The maximum Gasteiger partial charge on any atom is 0.220 e. The quantitative estimate of drug-likeness (QED) is 0.241. The van der Waals surface area contributed by atoms with Gasteiger partial charge in [0.2, 0.25) is 5.91 Å². The van der Waals surface area contributed by atoms with Crippen LogP contribution in [0.2, 0.25) is 0 Å². The van der Waals surface area contributed by atoms with Crippen LogP contribution in [0.15, 0.2) is 12.2 Å². The van der Waals surface area contributed by atoms with Crippen LogP contribution < -0.4 is 11.1 Å². The van der Waals surface area contributed by atoms with E-state index < -0.39 is 0 Å². The normalized spacial score (nSPS) is 20.2. The van der Waals surface area contributed by atoms with Crippen LogP contribution in [0.1, 0.15) is 122 Å². The molecule has 0 aromatic rings. The van der Waals surface area contributed by atoms with Crippen LogP contribution >= 0.6 is 0 Å². The van der Waals surface area contributed by atoms with Gasteiger partial charge < -0.3 is 11.1 Å². The summed E-state index contributed by atoms with van der Waals surface area (Å²) in [6, 6.07) is 0.381. The number of nitrogens with two attached hydrogens (primary N) is 1. The first-order chi connectivity index (χ1) is 13.2. The van der Waals surface area contributed by atoms with Gasteiger partial charge in [0.1, 0.15) is 0 Å². The minimum atomic E-state index is 0.164. The van der Waals surface area contributed by atoms with Gasteiger partial charge in [0, 0.05) is 18.5 Å². The highest BCUT2D eigenvalue weighted by molar-refractivity contribution is 5.76. The summed E-state index contributed by atoms with van der Waals surface area (Å²) in [6.45, 7) is 2.27. The summed E-state index contributed by atoms with van der Waals surface area (Å²) in [7, 11) is 0. The fourth-order valence-corrected chi connectivity index (χ4v) is 3.97. The lowest BCUT2D eigenvalue weighted by atomic mass is 9.91. The van der Waals surface area contributed by atoms with E-state index in [4.69, 9.17) is 5.73 Å². The molecule has 1 saturated carbocycles. The predicted molar refractivity (Wildman–Crippen MR) is 118 cm³/mol. The van der Waals surface area contributed by atoms with Crippen molar-refractivity contribution in [3.8, 4) is 0 Å². The van der Waals surface area contributed by atoms with Gasteiger partial charge in [-0.15, -0.1) is 0 Å². The van der Waals surface area contributed by atoms with Crippen molar-refractivity contribution >= 4 is 5.91 Å². The van der Waals surface area contributed by atoms with Crippen molar-refractivity contribution in [2.45, 2.75) is 135 Å². The zero-order valence-electron chi connectivity index (χ0n) is 18.0. The molecular weight excluding hydrogens is 332 g/mol. The number of carbonyl (C=O) groups is 1. The highest BCUT2D eigenvalue weighted by Crippen LogP contribution is 2.17. The van der Waals surface area contributed by atoms with Crippen LogP contribution in [-0.4, -0.2) is 18.0 Å². The van der Waals surface area contributed by atoms with Crippen molar-refractivity contribution < 1.29 is 4.79 Å². The number of rotatable bonds is 16. The van der Waals surface area contributed by atoms with Crippen LogP contribution in [0.25, 0.3) is 0 Å². The maximum atomic E-state index is 12.0. The number of unbranched alkanes of at least 4 members (excludes halogenated alkanes) is 11. The lowest BCUT2D eigenvalue weighted by molar-refractivity contribution is -0.122. The van der Waals surface area contributed by atoms with Crippen molar-refractivity contribution in [3.05, 3.63) is 12.2 Å². The maximum absolute atomic E-state index is 12.0. The smallest absolute Gasteiger partial charge is 0.220 e. The summed E-state index contributed by atoms with van der Waals surface area (Å²) in [5, 5.41) is 3.15. The molecule has 0 spiro atoms. The summed E-state index contributed by atoms with van der Waals surface area (Å²) in [4.78, 5) is 12.0. The zero-order chi connectivity index (χ0) is 19.6. The third-order valence-electron chi connectivity index (χ3n) is 5.83. The number of hydrogen-bond acceptors (Lipinski definition) is 2. The molecule has 1 rings (SSSR count). The Morgan fingerprint density at radius 1 is 0.852 bits per heavy atom. The fourth-order valence-electron chi connectivity index (χ4n) is 3.97. The van der Waals surface area contributed by atoms with E-state index in [2.05, 4.69) is 24.4 Å². The SMILES string of the molecule is CCCCCCCC/C=C\CCCCCCCC(=O)N[C@H]1CCCC[C@@H]1N. The first kappa shape index (κ1) is 24.2. The standard InChI is InChI=1S/C24H46N2O/c1-2-3-4-5-6-7-8-9-10-11-12-13-14-15-16-21-24(27)26-23-20-18-17-19-22(23)25/h9-10,22-23H,2-8,11-21,25H2,1H3,(H,26,27)/b10-9-/t22-,23-/m0/s1. The molecule has 158 valence electrons. The molecule has 0 bridgehead atoms. The second-order valence-corrected chi connectivity index (χ2v) is 8.46. The Kier molecular flexibility index (Phi) is 15.5. The highest BCUT2D eigenvalue weighted by Gasteiger charge is 2.22. The Hall–Kier alpha value is -0.830. The van der Waals surface area contributed by atoms with E-state index in [9.17, 15) is 4.79 Å². The second-order valence-electron chi connectivity index (χ2n) is 8.46. The van der Waals surface area contributed by atoms with Crippen LogP contribution in [0.5, 0.6) is 0 Å². The largest absolute Gasteiger partial charge is 0.352 e. The number of hydrogen-bond donors (Lipinski definition) is 2. The van der Waals surface area contributed by atoms with E-state index in [0.717, 1.165) is 19.3 Å². The van der Waals surface area contributed by atoms with Gasteiger partial charge in [-0.25, -0.2) is 0 Å². The summed E-state index contributed by atoms with van der Waals surface area (Å²) in [5.74, 6) is 0.204. The van der Waals surface area contributed by atoms with E-state index >= 15 is 0 Å². The molecule has 0 heterocycles. The van der Waals surface area contributed by atoms with E-state index in [-0.39, 0.29) is 18.0 Å². The summed E-state index contributed by atoms with van der Waals surface area (Å²) in [6.07, 6.45) is 26.7. The molecule has 0 radical (unpaired) electrons. The first-order valence-corrected chi connectivity index (χ1v) is 11.9. The Labute approximate surface area is 168 Å². The van der Waals surface area contributed by atoms with E-state index in [1.165, 1.54) is 89.9 Å². The van der Waals surface area contributed by atoms with Crippen molar-refractivity contribution in [1.29, 1.82) is 0 Å². The van der Waals surface area contributed by atoms with Gasteiger partial charge in [0.25, 0.3) is 0 Å². The molecular formula is C24H46N2O. The molecule has 1 aliphatic carbocycles. The average Bonchev–Trinajstić information content (AvgIpc) is 2.66. The van der Waals surface area contributed by atoms with E-state index in [1.54, 1.807) is 0 Å². The van der Waals surface area contributed by atoms with Gasteiger partial charge in [-0.1, -0.05) is 83.3 Å². The lowest BCUT2D eigenvalue weighted by Gasteiger charge is -2.29. The van der Waals surface area contributed by atoms with Gasteiger partial charge in [-0.05, 0) is 44.9 Å². The van der Waals surface area contributed by atoms with Crippen LogP contribution in [0.3, 0.4) is 0 Å². The second kappa shape index (κ2) is 17.3. The average molecular weight is 379 g/mol. The predicted octanol–water partition coefficient (Wildman–Crippen LogP) is 6.41. The van der Waals surface area contributed by atoms with Gasteiger partial charge in [0.15, 0.2) is 0 Å². The Morgan fingerprint density at radius 2 is 1.41 bits per heavy atom. The lowest BCUT2D eigenvalue weighted by Crippen LogP contribution is -2.49. The van der Waals surface area contributed by atoms with Crippen LogP contribution in [0, 0.1) is 0 Å². The molecule has 0 aliphatic heterocycles. The molecule has 0 aromatic carbocycles. The first-order valence-electron chi connectivity index (χ1n) is 11.9. The number of carbonyl (C=O) groups excluding carboxylic acids is 1. The fraction of sp³-hybridized carbons (Fsp3) is 0.875. The number of allylic oxidation sites excluding steroid dienone is 2. The minimum absolute atomic E-state index is 0.164. The minimum Gasteiger partial charge on any atom is -0.352 e. The Morgan fingerprint density at radius 3 is 2.04 bits per heavy atom. The molecule has 3 nitrogen and oxygen atoms in total. The summed E-state index contributed by atoms with van der Waals surface area (Å²) in [5.41, 5.74) is 6.09. The molecule has 1 amide bonds. The molecule has 0 saturated heterocycles. The zero-order valence-corrected chi connectivity index (χ0v) is 18.0. The highest BCUT2D eigenvalue weighted by atomic mass is 16.1. The molecule has 3 N–H and O–H groups in total. The Bertz CT molecular complexity index is 381. The summed E-state index contributed by atoms with van der Waals surface area (Å²) >= 11 is 0. The van der Waals surface area contributed by atoms with E-state index in [1.807, 2.05) is 0 Å². The molecule has 0 unspecified atom stereocenters. The number of amides is 1. The van der Waals surface area contributed by atoms with Crippen molar-refractivity contribution in [2.24, 2.45) is 5.73 Å². The third-order valence-corrected chi connectivity index (χ3v) is 5.83. The molecule has 2 atom stereocenters. The molecule has 3 heteroatoms. The topological polar surface area (TPSA) is 55.1 Å². The van der Waals surface area contributed by atoms with Gasteiger partial charge in [-0.3, -0.25) is 4.79 Å². The summed E-state index contributed by atoms with van der Waals surface area (Å²) < 4.78 is 0. The monoisotopic (exact) mass is 378 g/mol.